The van der Waals surface area contributed by atoms with Gasteiger partial charge in [0.25, 0.3) is 0 Å². The minimum atomic E-state index is -1.05. The molecule has 0 saturated carbocycles. The smallest absolute Gasteiger partial charge is 0.408 e. The predicted octanol–water partition coefficient (Wildman–Crippen LogP) is 0.721. The zero-order chi connectivity index (χ0) is 13.8. The number of alkyl carbamates (subject to hydrolysis) is 1. The second-order valence-electron chi connectivity index (χ2n) is 4.53. The van der Waals surface area contributed by atoms with Crippen LogP contribution in [0.2, 0.25) is 0 Å². The minimum Gasteiger partial charge on any atom is -0.481 e. The Morgan fingerprint density at radius 3 is 2.67 bits per heavy atom. The number of amides is 1. The van der Waals surface area contributed by atoms with Gasteiger partial charge in [-0.25, -0.2) is 4.79 Å². The standard InChI is InChI=1S/C10H15N3O5/c1-10(2,3)17-9(16)11-5-7-12-6(13-18-7)4-8(14)15/h4-5H2,1-3H3,(H,11,16)(H,14,15). The SMILES string of the molecule is CC(C)(C)OC(=O)NCc1nc(CC(=O)O)no1. The number of nitrogens with zero attached hydrogens (tertiary/aromatic N) is 2. The Bertz CT molecular complexity index is 435. The fourth-order valence-electron chi connectivity index (χ4n) is 1.03. The van der Waals surface area contributed by atoms with Crippen LogP contribution >= 0.6 is 0 Å². The van der Waals surface area contributed by atoms with Gasteiger partial charge in [-0.15, -0.1) is 0 Å². The van der Waals surface area contributed by atoms with Crippen molar-refractivity contribution in [2.75, 3.05) is 0 Å². The van der Waals surface area contributed by atoms with Crippen LogP contribution in [0.1, 0.15) is 32.5 Å². The van der Waals surface area contributed by atoms with Crippen molar-refractivity contribution in [1.82, 2.24) is 15.5 Å². The number of carbonyl (C=O) groups is 2. The van der Waals surface area contributed by atoms with E-state index in [0.717, 1.165) is 0 Å². The first-order valence-corrected chi connectivity index (χ1v) is 5.26. The molecule has 1 heterocycles. The van der Waals surface area contributed by atoms with E-state index >= 15 is 0 Å². The van der Waals surface area contributed by atoms with E-state index in [0.29, 0.717) is 0 Å². The molecule has 0 spiro atoms. The summed E-state index contributed by atoms with van der Waals surface area (Å²) in [5.74, 6) is -0.872. The summed E-state index contributed by atoms with van der Waals surface area (Å²) < 4.78 is 9.75. The molecule has 2 N–H and O–H groups in total. The number of aliphatic carboxylic acids is 1. The lowest BCUT2D eigenvalue weighted by atomic mass is 10.2. The molecule has 18 heavy (non-hydrogen) atoms. The van der Waals surface area contributed by atoms with Crippen LogP contribution in [0.15, 0.2) is 4.52 Å². The number of carboxylic acid groups (broad SMARTS) is 1. The molecule has 1 aromatic rings. The first kappa shape index (κ1) is 13.9. The number of rotatable bonds is 4. The van der Waals surface area contributed by atoms with E-state index in [4.69, 9.17) is 14.4 Å². The number of hydrogen-bond donors (Lipinski definition) is 2. The second-order valence-corrected chi connectivity index (χ2v) is 4.53. The molecule has 100 valence electrons. The number of nitrogens with one attached hydrogen (secondary N) is 1. The molecule has 1 amide bonds. The molecule has 1 aromatic heterocycles. The van der Waals surface area contributed by atoms with Gasteiger partial charge in [0.2, 0.25) is 5.89 Å². The predicted molar refractivity (Wildman–Crippen MR) is 58.7 cm³/mol. The molecule has 0 fully saturated rings. The average molecular weight is 257 g/mol. The van der Waals surface area contributed by atoms with Crippen molar-refractivity contribution in [1.29, 1.82) is 0 Å². The van der Waals surface area contributed by atoms with E-state index in [-0.39, 0.29) is 24.7 Å². The van der Waals surface area contributed by atoms with Gasteiger partial charge >= 0.3 is 12.1 Å². The van der Waals surface area contributed by atoms with Crippen molar-refractivity contribution in [2.45, 2.75) is 39.3 Å². The third-order valence-corrected chi connectivity index (χ3v) is 1.60. The highest BCUT2D eigenvalue weighted by Crippen LogP contribution is 2.06. The van der Waals surface area contributed by atoms with Gasteiger partial charge in [-0.3, -0.25) is 4.79 Å². The number of hydrogen-bond acceptors (Lipinski definition) is 6. The summed E-state index contributed by atoms with van der Waals surface area (Å²) in [6.45, 7) is 5.21. The van der Waals surface area contributed by atoms with Gasteiger partial charge in [0.1, 0.15) is 18.6 Å². The third kappa shape index (κ3) is 5.28. The van der Waals surface area contributed by atoms with E-state index in [1.54, 1.807) is 20.8 Å². The van der Waals surface area contributed by atoms with Crippen molar-refractivity contribution < 1.29 is 24.0 Å². The molecule has 0 bridgehead atoms. The summed E-state index contributed by atoms with van der Waals surface area (Å²) in [5.41, 5.74) is -0.590. The summed E-state index contributed by atoms with van der Waals surface area (Å²) in [5, 5.41) is 14.4. The lowest BCUT2D eigenvalue weighted by molar-refractivity contribution is -0.136. The maximum absolute atomic E-state index is 11.3. The van der Waals surface area contributed by atoms with Crippen molar-refractivity contribution in [3.05, 3.63) is 11.7 Å². The molecule has 0 atom stereocenters. The monoisotopic (exact) mass is 257 g/mol. The average Bonchev–Trinajstić information content (AvgIpc) is 2.59. The quantitative estimate of drug-likeness (QED) is 0.816. The second kappa shape index (κ2) is 5.48. The van der Waals surface area contributed by atoms with Crippen molar-refractivity contribution in [3.8, 4) is 0 Å². The lowest BCUT2D eigenvalue weighted by Crippen LogP contribution is -2.32. The maximum Gasteiger partial charge on any atom is 0.408 e. The van der Waals surface area contributed by atoms with E-state index in [1.807, 2.05) is 0 Å². The highest BCUT2D eigenvalue weighted by atomic mass is 16.6. The fraction of sp³-hybridized carbons (Fsp3) is 0.600. The molecule has 1 rings (SSSR count). The Kier molecular flexibility index (Phi) is 4.24. The summed E-state index contributed by atoms with van der Waals surface area (Å²) in [4.78, 5) is 25.5. The van der Waals surface area contributed by atoms with Crippen molar-refractivity contribution in [3.63, 3.8) is 0 Å². The normalized spacial score (nSPS) is 11.1. The number of ether oxygens (including phenoxy) is 1. The molecule has 0 aliphatic carbocycles. The Labute approximate surface area is 103 Å². The minimum absolute atomic E-state index is 0.0124. The molecule has 0 aromatic carbocycles. The molecular weight excluding hydrogens is 242 g/mol. The maximum atomic E-state index is 11.3. The van der Waals surface area contributed by atoms with E-state index < -0.39 is 17.7 Å². The first-order chi connectivity index (χ1) is 8.26. The molecular formula is C10H15N3O5. The van der Waals surface area contributed by atoms with Gasteiger partial charge in [-0.1, -0.05) is 5.16 Å². The Hall–Kier alpha value is -2.12. The van der Waals surface area contributed by atoms with Gasteiger partial charge < -0.3 is 19.7 Å². The molecule has 0 aliphatic rings. The topological polar surface area (TPSA) is 115 Å². The highest BCUT2D eigenvalue weighted by Gasteiger charge is 2.17. The van der Waals surface area contributed by atoms with Crippen LogP contribution in [0, 0.1) is 0 Å². The molecule has 8 nitrogen and oxygen atoms in total. The highest BCUT2D eigenvalue weighted by molar-refractivity contribution is 5.69. The van der Waals surface area contributed by atoms with Gasteiger partial charge in [0.15, 0.2) is 5.82 Å². The Balaban J connectivity index is 2.42. The van der Waals surface area contributed by atoms with E-state index in [2.05, 4.69) is 15.5 Å². The van der Waals surface area contributed by atoms with Crippen LogP contribution in [-0.4, -0.2) is 32.9 Å². The molecule has 0 unspecified atom stereocenters. The Morgan fingerprint density at radius 2 is 2.11 bits per heavy atom. The van der Waals surface area contributed by atoms with Gasteiger partial charge in [-0.05, 0) is 20.8 Å². The largest absolute Gasteiger partial charge is 0.481 e. The zero-order valence-corrected chi connectivity index (χ0v) is 10.4. The van der Waals surface area contributed by atoms with Gasteiger partial charge in [0, 0.05) is 0 Å². The van der Waals surface area contributed by atoms with E-state index in [9.17, 15) is 9.59 Å². The van der Waals surface area contributed by atoms with Crippen molar-refractivity contribution in [2.24, 2.45) is 0 Å². The summed E-state index contributed by atoms with van der Waals surface area (Å²) >= 11 is 0. The van der Waals surface area contributed by atoms with Crippen LogP contribution in [0.25, 0.3) is 0 Å². The first-order valence-electron chi connectivity index (χ1n) is 5.26. The summed E-state index contributed by atoms with van der Waals surface area (Å²) in [6.07, 6.45) is -0.934. The number of aromatic nitrogens is 2. The lowest BCUT2D eigenvalue weighted by Gasteiger charge is -2.19. The molecule has 0 aliphatic heterocycles. The van der Waals surface area contributed by atoms with Crippen LogP contribution in [0.3, 0.4) is 0 Å². The third-order valence-electron chi connectivity index (χ3n) is 1.60. The van der Waals surface area contributed by atoms with Crippen LogP contribution in [0.4, 0.5) is 4.79 Å². The van der Waals surface area contributed by atoms with E-state index in [1.165, 1.54) is 0 Å². The van der Waals surface area contributed by atoms with Crippen molar-refractivity contribution >= 4 is 12.1 Å². The molecule has 8 heteroatoms. The number of carboxylic acids is 1. The van der Waals surface area contributed by atoms with Crippen LogP contribution in [-0.2, 0) is 22.5 Å². The van der Waals surface area contributed by atoms with Crippen LogP contribution < -0.4 is 5.32 Å². The Morgan fingerprint density at radius 1 is 1.44 bits per heavy atom. The zero-order valence-electron chi connectivity index (χ0n) is 10.4. The molecule has 0 radical (unpaired) electrons. The fourth-order valence-corrected chi connectivity index (χ4v) is 1.03. The van der Waals surface area contributed by atoms with Crippen LogP contribution in [0.5, 0.6) is 0 Å². The van der Waals surface area contributed by atoms with Gasteiger partial charge in [0.05, 0.1) is 0 Å². The van der Waals surface area contributed by atoms with Gasteiger partial charge in [-0.2, -0.15) is 4.98 Å². The molecule has 0 saturated heterocycles. The summed E-state index contributed by atoms with van der Waals surface area (Å²) in [7, 11) is 0. The number of carbonyl (C=O) groups excluding carboxylic acids is 1. The summed E-state index contributed by atoms with van der Waals surface area (Å²) in [6, 6.07) is 0.